The first kappa shape index (κ1) is 26.9. The Kier molecular flexibility index (Phi) is 9.60. The monoisotopic (exact) mass is 509 g/mol. The molecule has 0 spiro atoms. The largest absolute Gasteiger partial charge is 0.341 e. The Labute approximate surface area is 221 Å². The van der Waals surface area contributed by atoms with Crippen molar-refractivity contribution in [2.45, 2.75) is 71.8 Å². The van der Waals surface area contributed by atoms with Gasteiger partial charge in [0.2, 0.25) is 11.8 Å². The van der Waals surface area contributed by atoms with Crippen molar-refractivity contribution in [1.29, 1.82) is 0 Å². The van der Waals surface area contributed by atoms with E-state index < -0.39 is 0 Å². The third kappa shape index (κ3) is 6.20. The highest BCUT2D eigenvalue weighted by Crippen LogP contribution is 2.38. The quantitative estimate of drug-likeness (QED) is 0.437. The summed E-state index contributed by atoms with van der Waals surface area (Å²) in [4.78, 5) is 34.4. The smallest absolute Gasteiger partial charge is 0.225 e. The first-order valence-corrected chi connectivity index (χ1v) is 14.8. The molecule has 1 aromatic heterocycles. The summed E-state index contributed by atoms with van der Waals surface area (Å²) in [5.41, 5.74) is 4.06. The van der Waals surface area contributed by atoms with E-state index in [-0.39, 0.29) is 17.9 Å². The van der Waals surface area contributed by atoms with E-state index in [0.717, 1.165) is 64.7 Å². The summed E-state index contributed by atoms with van der Waals surface area (Å²) in [6.45, 7) is 11.1. The number of rotatable bonds is 9. The van der Waals surface area contributed by atoms with Gasteiger partial charge in [-0.2, -0.15) is 0 Å². The van der Waals surface area contributed by atoms with Crippen LogP contribution in [0.5, 0.6) is 0 Å². The van der Waals surface area contributed by atoms with Crippen LogP contribution in [0.25, 0.3) is 0 Å². The SMILES string of the molecule is CCCCC(CC)C(=O)N1CCCN(C(=O)CCN2CCc3sccc3C2c2ccccc2C)CC1. The Hall–Kier alpha value is -2.18. The van der Waals surface area contributed by atoms with Crippen LogP contribution in [-0.2, 0) is 16.0 Å². The fraction of sp³-hybridized carbons (Fsp3) is 0.600. The molecule has 0 radical (unpaired) electrons. The standard InChI is InChI=1S/C30H43N3O2S/c1-4-6-11-24(5-2)30(35)33-17-9-16-31(20-21-33)28(34)14-19-32-18-13-27-26(15-22-36-27)29(32)25-12-8-7-10-23(25)3/h7-8,10,12,15,22,24,29H,4-6,9,11,13-14,16-21H2,1-3H3. The lowest BCUT2D eigenvalue weighted by molar-refractivity contribution is -0.137. The Balaban J connectivity index is 1.36. The van der Waals surface area contributed by atoms with Gasteiger partial charge in [-0.1, -0.05) is 51.0 Å². The van der Waals surface area contributed by atoms with Gasteiger partial charge in [0.15, 0.2) is 0 Å². The third-order valence-corrected chi connectivity index (χ3v) is 9.07. The predicted molar refractivity (Wildman–Crippen MR) is 148 cm³/mol. The molecule has 1 saturated heterocycles. The first-order chi connectivity index (χ1) is 17.5. The van der Waals surface area contributed by atoms with Crippen molar-refractivity contribution >= 4 is 23.2 Å². The van der Waals surface area contributed by atoms with Crippen LogP contribution in [-0.4, -0.2) is 65.8 Å². The van der Waals surface area contributed by atoms with E-state index >= 15 is 0 Å². The molecule has 2 unspecified atom stereocenters. The van der Waals surface area contributed by atoms with Crippen LogP contribution in [0.4, 0.5) is 0 Å². The van der Waals surface area contributed by atoms with Crippen molar-refractivity contribution in [3.63, 3.8) is 0 Å². The molecule has 5 nitrogen and oxygen atoms in total. The summed E-state index contributed by atoms with van der Waals surface area (Å²) in [5, 5.41) is 2.21. The van der Waals surface area contributed by atoms with Gasteiger partial charge in [-0.25, -0.2) is 0 Å². The number of unbranched alkanes of at least 4 members (excludes halogenated alkanes) is 1. The topological polar surface area (TPSA) is 43.9 Å². The lowest BCUT2D eigenvalue weighted by atomic mass is 9.90. The van der Waals surface area contributed by atoms with Gasteiger partial charge in [-0.05, 0) is 60.7 Å². The van der Waals surface area contributed by atoms with Gasteiger partial charge in [-0.15, -0.1) is 11.3 Å². The minimum absolute atomic E-state index is 0.131. The lowest BCUT2D eigenvalue weighted by Crippen LogP contribution is -2.41. The lowest BCUT2D eigenvalue weighted by Gasteiger charge is -2.37. The Bertz CT molecular complexity index is 1020. The minimum Gasteiger partial charge on any atom is -0.341 e. The van der Waals surface area contributed by atoms with Gasteiger partial charge in [0.05, 0.1) is 6.04 Å². The van der Waals surface area contributed by atoms with Crippen molar-refractivity contribution in [2.24, 2.45) is 5.92 Å². The number of benzene rings is 1. The summed E-state index contributed by atoms with van der Waals surface area (Å²) in [7, 11) is 0. The molecule has 2 aliphatic heterocycles. The highest BCUT2D eigenvalue weighted by molar-refractivity contribution is 7.10. The summed E-state index contributed by atoms with van der Waals surface area (Å²) >= 11 is 1.86. The van der Waals surface area contributed by atoms with Crippen molar-refractivity contribution in [2.75, 3.05) is 39.3 Å². The zero-order chi connectivity index (χ0) is 25.5. The summed E-state index contributed by atoms with van der Waals surface area (Å²) < 4.78 is 0. The van der Waals surface area contributed by atoms with E-state index in [4.69, 9.17) is 0 Å². The molecule has 36 heavy (non-hydrogen) atoms. The number of carbonyl (C=O) groups excluding carboxylic acids is 2. The van der Waals surface area contributed by atoms with Gasteiger partial charge >= 0.3 is 0 Å². The fourth-order valence-corrected chi connectivity index (χ4v) is 6.77. The van der Waals surface area contributed by atoms with Crippen LogP contribution >= 0.6 is 11.3 Å². The molecule has 1 fully saturated rings. The minimum atomic E-state index is 0.131. The Morgan fingerprint density at radius 2 is 1.78 bits per heavy atom. The van der Waals surface area contributed by atoms with Gasteiger partial charge in [0.25, 0.3) is 0 Å². The molecule has 0 bridgehead atoms. The highest BCUT2D eigenvalue weighted by Gasteiger charge is 2.31. The zero-order valence-electron chi connectivity index (χ0n) is 22.4. The predicted octanol–water partition coefficient (Wildman–Crippen LogP) is 5.67. The average Bonchev–Trinajstić information content (AvgIpc) is 3.23. The molecule has 2 aromatic rings. The number of fused-ring (bicyclic) bond motifs is 1. The summed E-state index contributed by atoms with van der Waals surface area (Å²) in [5.74, 6) is 0.648. The molecule has 0 N–H and O–H groups in total. The summed E-state index contributed by atoms with van der Waals surface area (Å²) in [6.07, 6.45) is 6.58. The maximum atomic E-state index is 13.3. The molecular weight excluding hydrogens is 466 g/mol. The van der Waals surface area contributed by atoms with Crippen molar-refractivity contribution in [1.82, 2.24) is 14.7 Å². The molecule has 3 heterocycles. The van der Waals surface area contributed by atoms with Crippen LogP contribution in [0, 0.1) is 12.8 Å². The van der Waals surface area contributed by atoms with E-state index in [9.17, 15) is 9.59 Å². The van der Waals surface area contributed by atoms with Gasteiger partial charge in [0, 0.05) is 56.5 Å². The highest BCUT2D eigenvalue weighted by atomic mass is 32.1. The second-order valence-electron chi connectivity index (χ2n) is 10.4. The number of nitrogens with zero attached hydrogens (tertiary/aromatic N) is 3. The van der Waals surface area contributed by atoms with E-state index in [1.807, 2.05) is 21.1 Å². The van der Waals surface area contributed by atoms with E-state index in [0.29, 0.717) is 25.4 Å². The molecule has 1 aromatic carbocycles. The second kappa shape index (κ2) is 12.9. The van der Waals surface area contributed by atoms with E-state index in [1.54, 1.807) is 0 Å². The second-order valence-corrected chi connectivity index (χ2v) is 11.4. The van der Waals surface area contributed by atoms with Crippen molar-refractivity contribution in [3.8, 4) is 0 Å². The maximum absolute atomic E-state index is 13.3. The molecule has 6 heteroatoms. The molecule has 2 aliphatic rings. The van der Waals surface area contributed by atoms with Crippen LogP contribution in [0.2, 0.25) is 0 Å². The normalized spacial score (nSPS) is 19.6. The number of aryl methyl sites for hydroxylation is 1. The summed E-state index contributed by atoms with van der Waals surface area (Å²) in [6, 6.07) is 11.2. The average molecular weight is 510 g/mol. The number of hydrogen-bond acceptors (Lipinski definition) is 4. The maximum Gasteiger partial charge on any atom is 0.225 e. The molecule has 0 saturated carbocycles. The molecule has 2 atom stereocenters. The fourth-order valence-electron chi connectivity index (χ4n) is 5.86. The Morgan fingerprint density at radius 3 is 2.56 bits per heavy atom. The van der Waals surface area contributed by atoms with Gasteiger partial charge in [0.1, 0.15) is 0 Å². The van der Waals surface area contributed by atoms with E-state index in [1.165, 1.54) is 21.6 Å². The number of thiophene rings is 1. The molecule has 0 aliphatic carbocycles. The number of carbonyl (C=O) groups is 2. The number of amides is 2. The Morgan fingerprint density at radius 1 is 1.00 bits per heavy atom. The third-order valence-electron chi connectivity index (χ3n) is 8.07. The van der Waals surface area contributed by atoms with Crippen LogP contribution in [0.15, 0.2) is 35.7 Å². The van der Waals surface area contributed by atoms with Gasteiger partial charge < -0.3 is 9.80 Å². The first-order valence-electron chi connectivity index (χ1n) is 14.0. The zero-order valence-corrected chi connectivity index (χ0v) is 23.2. The van der Waals surface area contributed by atoms with E-state index in [2.05, 4.69) is 61.4 Å². The molecule has 2 amide bonds. The molecule has 4 rings (SSSR count). The molecular formula is C30H43N3O2S. The van der Waals surface area contributed by atoms with Crippen LogP contribution in [0.1, 0.15) is 80.0 Å². The number of hydrogen-bond donors (Lipinski definition) is 0. The molecule has 196 valence electrons. The van der Waals surface area contributed by atoms with Crippen LogP contribution in [0.3, 0.4) is 0 Å². The van der Waals surface area contributed by atoms with Gasteiger partial charge in [-0.3, -0.25) is 14.5 Å². The van der Waals surface area contributed by atoms with Crippen molar-refractivity contribution in [3.05, 3.63) is 57.3 Å². The van der Waals surface area contributed by atoms with Crippen LogP contribution < -0.4 is 0 Å². The van der Waals surface area contributed by atoms with Crippen molar-refractivity contribution < 1.29 is 9.59 Å².